The molecule has 6 heteroatoms. The minimum Gasteiger partial charge on any atom is -0.481 e. The normalized spacial score (nSPS) is 24.3. The highest BCUT2D eigenvalue weighted by Gasteiger charge is 2.44. The van der Waals surface area contributed by atoms with Crippen molar-refractivity contribution >= 4 is 11.9 Å². The number of hydrogen-bond acceptors (Lipinski definition) is 4. The SMILES string of the molecule is O=C(O)C1CC1c1cccc(-c2nc(N3CC(F)C3)nc3c2CCC3)c1. The summed E-state index contributed by atoms with van der Waals surface area (Å²) in [5.74, 6) is -0.261. The van der Waals surface area contributed by atoms with E-state index in [1.807, 2.05) is 23.1 Å². The maximum atomic E-state index is 13.3. The second-order valence-electron chi connectivity index (χ2n) is 7.57. The molecule has 26 heavy (non-hydrogen) atoms. The van der Waals surface area contributed by atoms with Gasteiger partial charge >= 0.3 is 5.97 Å². The Morgan fingerprint density at radius 1 is 1.23 bits per heavy atom. The minimum absolute atomic E-state index is 0.101. The van der Waals surface area contributed by atoms with E-state index in [9.17, 15) is 14.3 Å². The van der Waals surface area contributed by atoms with Gasteiger partial charge in [0, 0.05) is 16.8 Å². The first-order valence-corrected chi connectivity index (χ1v) is 9.22. The van der Waals surface area contributed by atoms with Crippen LogP contribution in [0.3, 0.4) is 0 Å². The summed E-state index contributed by atoms with van der Waals surface area (Å²) in [4.78, 5) is 22.5. The number of aromatic nitrogens is 2. The van der Waals surface area contributed by atoms with Crippen LogP contribution in [0.15, 0.2) is 24.3 Å². The van der Waals surface area contributed by atoms with Gasteiger partial charge in [0.1, 0.15) is 6.17 Å². The third-order valence-electron chi connectivity index (χ3n) is 5.74. The molecule has 2 aliphatic carbocycles. The summed E-state index contributed by atoms with van der Waals surface area (Å²) in [5, 5.41) is 9.19. The van der Waals surface area contributed by atoms with Crippen LogP contribution in [0.25, 0.3) is 11.3 Å². The molecule has 0 bridgehead atoms. The summed E-state index contributed by atoms with van der Waals surface area (Å²) < 4.78 is 13.3. The first-order chi connectivity index (χ1) is 12.6. The van der Waals surface area contributed by atoms with E-state index in [4.69, 9.17) is 4.98 Å². The van der Waals surface area contributed by atoms with Gasteiger partial charge in [-0.25, -0.2) is 14.4 Å². The molecule has 5 rings (SSSR count). The summed E-state index contributed by atoms with van der Waals surface area (Å²) in [5.41, 5.74) is 5.27. The number of nitrogens with zero attached hydrogens (tertiary/aromatic N) is 3. The Balaban J connectivity index is 1.53. The number of aliphatic carboxylic acids is 1. The molecule has 5 nitrogen and oxygen atoms in total. The third kappa shape index (κ3) is 2.55. The summed E-state index contributed by atoms with van der Waals surface area (Å²) >= 11 is 0. The summed E-state index contributed by atoms with van der Waals surface area (Å²) in [6, 6.07) is 8.08. The molecule has 0 radical (unpaired) electrons. The Morgan fingerprint density at radius 3 is 2.81 bits per heavy atom. The molecule has 0 amide bonds. The zero-order valence-electron chi connectivity index (χ0n) is 14.4. The van der Waals surface area contributed by atoms with Crippen molar-refractivity contribution in [3.63, 3.8) is 0 Å². The number of carboxylic acid groups (broad SMARTS) is 1. The molecular weight excluding hydrogens is 333 g/mol. The van der Waals surface area contributed by atoms with Crippen LogP contribution in [0, 0.1) is 5.92 Å². The Labute approximate surface area is 150 Å². The lowest BCUT2D eigenvalue weighted by molar-refractivity contribution is -0.138. The third-order valence-corrected chi connectivity index (χ3v) is 5.74. The van der Waals surface area contributed by atoms with Gasteiger partial charge in [-0.15, -0.1) is 0 Å². The van der Waals surface area contributed by atoms with Gasteiger partial charge in [-0.05, 0) is 43.2 Å². The van der Waals surface area contributed by atoms with E-state index in [0.717, 1.165) is 41.8 Å². The van der Waals surface area contributed by atoms with Gasteiger partial charge in [-0.1, -0.05) is 18.2 Å². The smallest absolute Gasteiger partial charge is 0.307 e. The molecule has 0 spiro atoms. The van der Waals surface area contributed by atoms with Crippen molar-refractivity contribution in [3.05, 3.63) is 41.1 Å². The molecule has 2 fully saturated rings. The number of fused-ring (bicyclic) bond motifs is 1. The second-order valence-corrected chi connectivity index (χ2v) is 7.57. The van der Waals surface area contributed by atoms with E-state index < -0.39 is 12.1 Å². The van der Waals surface area contributed by atoms with Crippen LogP contribution in [-0.2, 0) is 17.6 Å². The quantitative estimate of drug-likeness (QED) is 0.915. The number of hydrogen-bond donors (Lipinski definition) is 1. The Hall–Kier alpha value is -2.50. The summed E-state index contributed by atoms with van der Waals surface area (Å²) in [6.45, 7) is 0.723. The Kier molecular flexibility index (Phi) is 3.48. The number of carbonyl (C=O) groups is 1. The van der Waals surface area contributed by atoms with Gasteiger partial charge in [0.05, 0.1) is 24.7 Å². The van der Waals surface area contributed by atoms with Crippen molar-refractivity contribution in [3.8, 4) is 11.3 Å². The van der Waals surface area contributed by atoms with Crippen LogP contribution in [0.4, 0.5) is 10.3 Å². The molecule has 1 aromatic carbocycles. The molecule has 134 valence electrons. The molecule has 2 heterocycles. The maximum absolute atomic E-state index is 13.3. The number of carboxylic acids is 1. The van der Waals surface area contributed by atoms with Crippen molar-refractivity contribution in [1.82, 2.24) is 9.97 Å². The predicted octanol–water partition coefficient (Wildman–Crippen LogP) is 2.98. The second kappa shape index (κ2) is 5.76. The monoisotopic (exact) mass is 353 g/mol. The number of aryl methyl sites for hydroxylation is 1. The average Bonchev–Trinajstić information content (AvgIpc) is 3.29. The summed E-state index contributed by atoms with van der Waals surface area (Å²) in [6.07, 6.45) is 2.88. The number of halogens is 1. The standard InChI is InChI=1S/C20H20FN3O2/c21-13-9-24(10-13)20-22-17-6-2-5-14(17)18(23-20)12-4-1-3-11(7-12)15-8-16(15)19(25)26/h1,3-4,7,13,15-16H,2,5-6,8-10H2,(H,25,26). The zero-order chi connectivity index (χ0) is 17.8. The minimum atomic E-state index is -0.790. The highest BCUT2D eigenvalue weighted by atomic mass is 19.1. The fourth-order valence-electron chi connectivity index (χ4n) is 4.14. The van der Waals surface area contributed by atoms with Crippen molar-refractivity contribution in [2.75, 3.05) is 18.0 Å². The van der Waals surface area contributed by atoms with Crippen LogP contribution < -0.4 is 4.90 Å². The molecule has 2 unspecified atom stereocenters. The van der Waals surface area contributed by atoms with Crippen LogP contribution in [0.1, 0.15) is 35.6 Å². The average molecular weight is 353 g/mol. The van der Waals surface area contributed by atoms with Gasteiger partial charge in [-0.2, -0.15) is 0 Å². The predicted molar refractivity (Wildman–Crippen MR) is 95.1 cm³/mol. The van der Waals surface area contributed by atoms with Crippen LogP contribution in [0.2, 0.25) is 0 Å². The molecule has 1 aliphatic heterocycles. The van der Waals surface area contributed by atoms with Gasteiger partial charge in [-0.3, -0.25) is 4.79 Å². The molecular formula is C20H20FN3O2. The molecule has 1 N–H and O–H groups in total. The van der Waals surface area contributed by atoms with E-state index in [1.54, 1.807) is 0 Å². The first-order valence-electron chi connectivity index (χ1n) is 9.22. The number of anilines is 1. The molecule has 1 saturated heterocycles. The van der Waals surface area contributed by atoms with E-state index in [0.29, 0.717) is 25.5 Å². The lowest BCUT2D eigenvalue weighted by Crippen LogP contribution is -2.49. The van der Waals surface area contributed by atoms with E-state index in [2.05, 4.69) is 11.1 Å². The molecule has 2 aromatic rings. The van der Waals surface area contributed by atoms with Crippen molar-refractivity contribution < 1.29 is 14.3 Å². The Morgan fingerprint density at radius 2 is 2.08 bits per heavy atom. The molecule has 1 saturated carbocycles. The number of alkyl halides is 1. The number of benzene rings is 1. The van der Waals surface area contributed by atoms with Gasteiger partial charge in [0.15, 0.2) is 0 Å². The van der Waals surface area contributed by atoms with Crippen molar-refractivity contribution in [2.24, 2.45) is 5.92 Å². The van der Waals surface area contributed by atoms with E-state index in [1.165, 1.54) is 5.56 Å². The molecule has 2 atom stereocenters. The van der Waals surface area contributed by atoms with Gasteiger partial charge in [0.2, 0.25) is 5.95 Å². The first kappa shape index (κ1) is 15.7. The van der Waals surface area contributed by atoms with Crippen LogP contribution in [-0.4, -0.2) is 40.3 Å². The lowest BCUT2D eigenvalue weighted by atomic mass is 10.0. The zero-order valence-corrected chi connectivity index (χ0v) is 14.4. The fraction of sp³-hybridized carbons (Fsp3) is 0.450. The topological polar surface area (TPSA) is 66.3 Å². The summed E-state index contributed by atoms with van der Waals surface area (Å²) in [7, 11) is 0. The fourth-order valence-corrected chi connectivity index (χ4v) is 4.14. The van der Waals surface area contributed by atoms with Crippen molar-refractivity contribution in [1.29, 1.82) is 0 Å². The van der Waals surface area contributed by atoms with Crippen molar-refractivity contribution in [2.45, 2.75) is 37.8 Å². The highest BCUT2D eigenvalue weighted by molar-refractivity contribution is 5.76. The van der Waals surface area contributed by atoms with Crippen LogP contribution in [0.5, 0.6) is 0 Å². The lowest BCUT2D eigenvalue weighted by Gasteiger charge is -2.34. The largest absolute Gasteiger partial charge is 0.481 e. The van der Waals surface area contributed by atoms with Crippen LogP contribution >= 0.6 is 0 Å². The Bertz CT molecular complexity index is 895. The number of rotatable bonds is 4. The molecule has 3 aliphatic rings. The maximum Gasteiger partial charge on any atom is 0.307 e. The molecule has 1 aromatic heterocycles. The van der Waals surface area contributed by atoms with E-state index >= 15 is 0 Å². The van der Waals surface area contributed by atoms with E-state index in [-0.39, 0.29) is 11.8 Å². The van der Waals surface area contributed by atoms with Gasteiger partial charge < -0.3 is 10.0 Å². The highest BCUT2D eigenvalue weighted by Crippen LogP contribution is 2.48. The van der Waals surface area contributed by atoms with Gasteiger partial charge in [0.25, 0.3) is 0 Å².